The second-order valence-electron chi connectivity index (χ2n) is 8.28. The van der Waals surface area contributed by atoms with Gasteiger partial charge in [-0.05, 0) is 62.4 Å². The topological polar surface area (TPSA) is 150 Å². The summed E-state index contributed by atoms with van der Waals surface area (Å²) in [6.45, 7) is 3.17. The number of likely N-dealkylation sites (N-methyl/N-ethyl adjacent to an activating group) is 1. The zero-order valence-corrected chi connectivity index (χ0v) is 21.7. The van der Waals surface area contributed by atoms with Crippen molar-refractivity contribution in [2.45, 2.75) is 31.4 Å². The highest BCUT2D eigenvalue weighted by Crippen LogP contribution is 2.42. The molecule has 0 radical (unpaired) electrons. The number of nitrogens with one attached hydrogen (secondary N) is 1. The van der Waals surface area contributed by atoms with Gasteiger partial charge in [0.15, 0.2) is 0 Å². The molecule has 0 amide bonds. The number of aliphatic hydroxyl groups is 1. The number of carboxylic acids is 2. The van der Waals surface area contributed by atoms with E-state index in [0.29, 0.717) is 0 Å². The molecule has 0 fully saturated rings. The highest BCUT2D eigenvalue weighted by molar-refractivity contribution is 6.32. The van der Waals surface area contributed by atoms with E-state index in [0.717, 1.165) is 23.8 Å². The lowest BCUT2D eigenvalue weighted by Crippen LogP contribution is -2.35. The normalized spacial score (nSPS) is 13.9. The third kappa shape index (κ3) is 6.84. The maximum Gasteiger partial charge on any atom is 0.335 e. The van der Waals surface area contributed by atoms with Crippen LogP contribution in [0.1, 0.15) is 47.0 Å². The molecule has 0 heterocycles. The minimum absolute atomic E-state index is 0.0378. The summed E-state index contributed by atoms with van der Waals surface area (Å²) >= 11 is 12.0. The second kappa shape index (κ2) is 12.6. The molecule has 0 aliphatic carbocycles. The summed E-state index contributed by atoms with van der Waals surface area (Å²) in [5, 5.41) is 43.1. The molecule has 0 saturated heterocycles. The van der Waals surface area contributed by atoms with Crippen molar-refractivity contribution in [2.75, 3.05) is 7.05 Å². The Bertz CT molecular complexity index is 1290. The summed E-state index contributed by atoms with van der Waals surface area (Å²) < 4.78 is 0. The fourth-order valence-electron chi connectivity index (χ4n) is 3.58. The molecule has 3 atom stereocenters. The fourth-order valence-corrected chi connectivity index (χ4v) is 4.06. The molecule has 0 saturated carbocycles. The number of hydrogen-bond acceptors (Lipinski definition) is 6. The third-order valence-corrected chi connectivity index (χ3v) is 6.51. The van der Waals surface area contributed by atoms with Crippen LogP contribution in [0.15, 0.2) is 66.7 Å². The molecule has 3 rings (SSSR count). The zero-order chi connectivity index (χ0) is 27.9. The molecule has 0 aliphatic heterocycles. The molecular weight excluding hydrogens is 523 g/mol. The number of aliphatic hydroxyl groups excluding tert-OH is 1. The van der Waals surface area contributed by atoms with Crippen molar-refractivity contribution < 1.29 is 29.8 Å². The summed E-state index contributed by atoms with van der Waals surface area (Å²) in [6.07, 6.45) is -0.420. The van der Waals surface area contributed by atoms with Gasteiger partial charge in [0.25, 0.3) is 5.69 Å². The van der Waals surface area contributed by atoms with Gasteiger partial charge >= 0.3 is 11.9 Å². The molecule has 4 N–H and O–H groups in total. The lowest BCUT2D eigenvalue weighted by Gasteiger charge is -2.27. The first-order chi connectivity index (χ1) is 17.3. The van der Waals surface area contributed by atoms with Crippen LogP contribution in [0.5, 0.6) is 0 Å². The zero-order valence-electron chi connectivity index (χ0n) is 20.2. The predicted molar refractivity (Wildman–Crippen MR) is 141 cm³/mol. The number of nitro groups is 1. The number of rotatable bonds is 8. The van der Waals surface area contributed by atoms with Crippen LogP contribution in [-0.4, -0.2) is 45.3 Å². The van der Waals surface area contributed by atoms with Gasteiger partial charge in [-0.3, -0.25) is 14.9 Å². The number of carbonyl (C=O) groups is 2. The van der Waals surface area contributed by atoms with Gasteiger partial charge in [0.05, 0.1) is 22.2 Å². The Morgan fingerprint density at radius 1 is 1.00 bits per heavy atom. The van der Waals surface area contributed by atoms with Gasteiger partial charge in [-0.2, -0.15) is 0 Å². The monoisotopic (exact) mass is 548 g/mol. The molecule has 0 bridgehead atoms. The molecule has 37 heavy (non-hydrogen) atoms. The van der Waals surface area contributed by atoms with E-state index in [1.165, 1.54) is 25.1 Å². The van der Waals surface area contributed by atoms with Gasteiger partial charge in [-0.25, -0.2) is 4.79 Å². The van der Waals surface area contributed by atoms with Gasteiger partial charge in [0.2, 0.25) is 0 Å². The van der Waals surface area contributed by atoms with E-state index in [-0.39, 0.29) is 32.8 Å². The van der Waals surface area contributed by atoms with Crippen LogP contribution in [0.3, 0.4) is 0 Å². The molecule has 9 nitrogen and oxygen atoms in total. The van der Waals surface area contributed by atoms with Crippen LogP contribution in [0.4, 0.5) is 5.69 Å². The number of aliphatic carboxylic acids is 1. The van der Waals surface area contributed by atoms with Crippen LogP contribution in [0.2, 0.25) is 10.0 Å². The summed E-state index contributed by atoms with van der Waals surface area (Å²) in [5.74, 6) is -2.73. The summed E-state index contributed by atoms with van der Waals surface area (Å²) in [5.41, 5.74) is -1.99. The van der Waals surface area contributed by atoms with E-state index in [4.69, 9.17) is 28.3 Å². The predicted octanol–water partition coefficient (Wildman–Crippen LogP) is 5.32. The molecule has 0 unspecified atom stereocenters. The van der Waals surface area contributed by atoms with Crippen LogP contribution >= 0.6 is 23.2 Å². The van der Waals surface area contributed by atoms with Gasteiger partial charge in [-0.15, -0.1) is 0 Å². The smallest absolute Gasteiger partial charge is 0.335 e. The number of aromatic carboxylic acids is 1. The van der Waals surface area contributed by atoms with Crippen LogP contribution in [0, 0.1) is 10.1 Å². The fraction of sp³-hybridized carbons (Fsp3) is 0.231. The standard InChI is InChI=1S/C16H11Cl2NO6.C10H15NO/c1-16(15(22)23,10-6-8(14(20)21)2-4-12(10)18)11-7-9(17)3-5-13(11)19(24)25;1-8(11-2)10(12)9-6-4-3-5-7-9/h2-7H,1H3,(H,20,21)(H,22,23);3-8,10-12H,1-2H3/t16-;8-,10+/m01/s1. The van der Waals surface area contributed by atoms with E-state index >= 15 is 0 Å². The number of benzene rings is 3. The summed E-state index contributed by atoms with van der Waals surface area (Å²) in [7, 11) is 1.84. The Morgan fingerprint density at radius 2 is 1.62 bits per heavy atom. The van der Waals surface area contributed by atoms with E-state index in [9.17, 15) is 29.9 Å². The molecule has 0 spiro atoms. The Morgan fingerprint density at radius 3 is 2.14 bits per heavy atom. The largest absolute Gasteiger partial charge is 0.480 e. The maximum atomic E-state index is 12.1. The number of halogens is 2. The average Bonchev–Trinajstić information content (AvgIpc) is 2.87. The van der Waals surface area contributed by atoms with Crippen molar-refractivity contribution in [1.82, 2.24) is 5.32 Å². The summed E-state index contributed by atoms with van der Waals surface area (Å²) in [4.78, 5) is 33.9. The van der Waals surface area contributed by atoms with Crippen molar-refractivity contribution in [3.63, 3.8) is 0 Å². The van der Waals surface area contributed by atoms with Gasteiger partial charge in [0, 0.05) is 22.2 Å². The van der Waals surface area contributed by atoms with Gasteiger partial charge in [0.1, 0.15) is 5.41 Å². The molecule has 196 valence electrons. The van der Waals surface area contributed by atoms with Gasteiger partial charge in [-0.1, -0.05) is 53.5 Å². The maximum absolute atomic E-state index is 12.1. The third-order valence-electron chi connectivity index (χ3n) is 5.94. The number of hydrogen-bond donors (Lipinski definition) is 4. The minimum Gasteiger partial charge on any atom is -0.480 e. The van der Waals surface area contributed by atoms with E-state index in [2.05, 4.69) is 5.32 Å². The van der Waals surface area contributed by atoms with Crippen molar-refractivity contribution in [2.24, 2.45) is 0 Å². The average molecular weight is 549 g/mol. The number of carboxylic acid groups (broad SMARTS) is 2. The lowest BCUT2D eigenvalue weighted by molar-refractivity contribution is -0.385. The quantitative estimate of drug-likeness (QED) is 0.218. The Balaban J connectivity index is 0.000000335. The van der Waals surface area contributed by atoms with Crippen LogP contribution in [0.25, 0.3) is 0 Å². The first-order valence-corrected chi connectivity index (χ1v) is 11.7. The molecule has 0 aromatic heterocycles. The van der Waals surface area contributed by atoms with E-state index in [1.807, 2.05) is 44.3 Å². The molecule has 0 aliphatic rings. The molecular formula is C26H26Cl2N2O7. The van der Waals surface area contributed by atoms with Crippen molar-refractivity contribution >= 4 is 40.8 Å². The Hall–Kier alpha value is -3.50. The van der Waals surface area contributed by atoms with Crippen molar-refractivity contribution in [3.8, 4) is 0 Å². The van der Waals surface area contributed by atoms with Gasteiger partial charge < -0.3 is 20.6 Å². The highest BCUT2D eigenvalue weighted by atomic mass is 35.5. The van der Waals surface area contributed by atoms with Crippen LogP contribution < -0.4 is 5.32 Å². The van der Waals surface area contributed by atoms with E-state index < -0.39 is 34.1 Å². The summed E-state index contributed by atoms with van der Waals surface area (Å²) in [6, 6.07) is 16.8. The first-order valence-electron chi connectivity index (χ1n) is 11.0. The number of nitrogens with zero attached hydrogens (tertiary/aromatic N) is 1. The second-order valence-corrected chi connectivity index (χ2v) is 9.13. The van der Waals surface area contributed by atoms with Crippen LogP contribution in [-0.2, 0) is 10.2 Å². The lowest BCUT2D eigenvalue weighted by atomic mass is 9.75. The molecule has 3 aromatic carbocycles. The van der Waals surface area contributed by atoms with Crippen molar-refractivity contribution in [1.29, 1.82) is 0 Å². The first kappa shape index (κ1) is 29.7. The Kier molecular flexibility index (Phi) is 10.2. The SMILES string of the molecule is CN[C@H](C)[C@H](O)c1ccccc1.C[C@](C(=O)O)(c1cc(C(=O)O)ccc1Cl)c1cc(Cl)ccc1[N+](=O)[O-]. The minimum atomic E-state index is -1.99. The molecule has 11 heteroatoms. The van der Waals surface area contributed by atoms with Crippen molar-refractivity contribution in [3.05, 3.63) is 109 Å². The Labute approximate surface area is 223 Å². The van der Waals surface area contributed by atoms with E-state index in [1.54, 1.807) is 0 Å². The highest BCUT2D eigenvalue weighted by Gasteiger charge is 2.44. The number of nitro benzene ring substituents is 1. The molecule has 3 aromatic rings.